The molecule has 2 rings (SSSR count). The summed E-state index contributed by atoms with van der Waals surface area (Å²) < 4.78 is 0. The van der Waals surface area contributed by atoms with Gasteiger partial charge in [0.05, 0.1) is 86.2 Å². The smallest absolute Gasteiger partial charge is 0.336 e. The van der Waals surface area contributed by atoms with Crippen molar-refractivity contribution in [1.82, 2.24) is 0 Å². The Labute approximate surface area is 371 Å². The first-order valence-corrected chi connectivity index (χ1v) is 18.9. The first-order chi connectivity index (χ1) is 28.0. The van der Waals surface area contributed by atoms with Gasteiger partial charge in [-0.3, -0.25) is 0 Å². The van der Waals surface area contributed by atoms with E-state index in [1.54, 1.807) is 0 Å². The summed E-state index contributed by atoms with van der Waals surface area (Å²) >= 11 is 0. The van der Waals surface area contributed by atoms with E-state index >= 15 is 0 Å². The average Bonchev–Trinajstić information content (AvgIpc) is 3.22. The third-order valence-corrected chi connectivity index (χ3v) is 6.22. The molecule has 26 heteroatoms. The van der Waals surface area contributed by atoms with Crippen LogP contribution in [-0.4, -0.2) is 119 Å². The number of carboxylic acids is 8. The highest BCUT2D eigenvalue weighted by molar-refractivity contribution is 6.09. The molecule has 0 fully saturated rings. The van der Waals surface area contributed by atoms with Crippen molar-refractivity contribution in [3.63, 3.8) is 0 Å². The topological polar surface area (TPSA) is 607 Å². The molecule has 0 aliphatic heterocycles. The molecule has 2 aromatic rings. The molecule has 0 saturated carbocycles. The summed E-state index contributed by atoms with van der Waals surface area (Å²) in [6, 6.07) is 1.43. The second kappa shape index (κ2) is 52.9. The lowest BCUT2D eigenvalue weighted by Crippen LogP contribution is -2.49. The van der Waals surface area contributed by atoms with E-state index in [0.717, 1.165) is 39.3 Å². The van der Waals surface area contributed by atoms with Crippen LogP contribution in [0.5, 0.6) is 0 Å². The fourth-order valence-electron chi connectivity index (χ4n) is 2.57. The lowest BCUT2D eigenvalue weighted by Gasteiger charge is -2.18. The molecule has 376 valence electrons. The van der Waals surface area contributed by atoms with E-state index in [1.807, 2.05) is 0 Å². The lowest BCUT2D eigenvalue weighted by atomic mass is 9.98. The third-order valence-electron chi connectivity index (χ3n) is 6.22. The number of carbonyl (C=O) groups is 8. The Morgan fingerprint density at radius 3 is 0.500 bits per heavy atom. The van der Waals surface area contributed by atoms with Crippen LogP contribution in [0.4, 0.5) is 0 Å². The Balaban J connectivity index is -0.0000000731. The Hall–Kier alpha value is -6.20. The lowest BCUT2D eigenvalue weighted by molar-refractivity contribution is -0.367. The summed E-state index contributed by atoms with van der Waals surface area (Å²) in [5, 5.41) is 81.1. The van der Waals surface area contributed by atoms with Gasteiger partial charge in [0.25, 0.3) is 0 Å². The van der Waals surface area contributed by atoms with E-state index in [9.17, 15) is 69.0 Å². The number of carboxylic acid groups (broad SMARTS) is 8. The zero-order chi connectivity index (χ0) is 48.6. The van der Waals surface area contributed by atoms with Crippen LogP contribution in [-0.2, 0) is 0 Å². The fraction of sp³-hybridized carbons (Fsp3) is 0.474. The highest BCUT2D eigenvalue weighted by Gasteiger charge is 2.20. The van der Waals surface area contributed by atoms with Gasteiger partial charge >= 0.3 is 11.9 Å². The van der Waals surface area contributed by atoms with Crippen LogP contribution in [0, 0.1) is 0 Å². The molecule has 28 N–H and O–H groups in total. The highest BCUT2D eigenvalue weighted by atomic mass is 16.4. The van der Waals surface area contributed by atoms with E-state index in [1.165, 1.54) is 38.5 Å². The van der Waals surface area contributed by atoms with E-state index in [2.05, 4.69) is 75.9 Å². The van der Waals surface area contributed by atoms with Crippen molar-refractivity contribution in [3.05, 3.63) is 68.8 Å². The van der Waals surface area contributed by atoms with Gasteiger partial charge in [0.15, 0.2) is 0 Å². The van der Waals surface area contributed by atoms with Crippen molar-refractivity contribution in [2.24, 2.45) is 0 Å². The zero-order valence-electron chi connectivity index (χ0n) is 37.6. The number of rotatable bonds is 14. The Kier molecular flexibility index (Phi) is 67.5. The fourth-order valence-corrected chi connectivity index (χ4v) is 2.57. The molecule has 0 saturated heterocycles. The molecule has 0 spiro atoms. The molecule has 26 nitrogen and oxygen atoms in total. The van der Waals surface area contributed by atoms with Gasteiger partial charge in [-0.25, -0.2) is 9.59 Å². The second-order valence-electron chi connectivity index (χ2n) is 11.3. The van der Waals surface area contributed by atoms with Gasteiger partial charge in [-0.15, -0.1) is 0 Å². The highest BCUT2D eigenvalue weighted by Crippen LogP contribution is 2.18. The van der Waals surface area contributed by atoms with Crippen molar-refractivity contribution < 1.29 is 136 Å². The summed E-state index contributed by atoms with van der Waals surface area (Å²) in [4.78, 5) is 85.2. The van der Waals surface area contributed by atoms with Crippen molar-refractivity contribution in [2.75, 3.05) is 39.3 Å². The molecule has 0 radical (unpaired) electrons. The normalized spacial score (nSPS) is 8.31. The molecule has 0 aromatic heterocycles. The number of hydrogen-bond donors (Lipinski definition) is 8. The number of aromatic carboxylic acids is 8. The number of hydrogen-bond acceptors (Lipinski definition) is 14. The molecular formula is C38H74N6O20. The van der Waals surface area contributed by atoms with E-state index < -0.39 is 92.3 Å². The molecule has 64 heavy (non-hydrogen) atoms. The van der Waals surface area contributed by atoms with Crippen molar-refractivity contribution in [1.29, 1.82) is 0 Å². The van der Waals surface area contributed by atoms with Crippen molar-refractivity contribution in [2.45, 2.75) is 80.1 Å². The van der Waals surface area contributed by atoms with Crippen molar-refractivity contribution >= 4 is 47.8 Å². The summed E-state index contributed by atoms with van der Waals surface area (Å²) in [7, 11) is 0. The Morgan fingerprint density at radius 2 is 0.422 bits per heavy atom. The van der Waals surface area contributed by atoms with E-state index in [0.29, 0.717) is 24.3 Å². The summed E-state index contributed by atoms with van der Waals surface area (Å²) in [6.45, 7) is 19.1. The molecule has 0 atom stereocenters. The van der Waals surface area contributed by atoms with E-state index in [4.69, 9.17) is 10.2 Å². The monoisotopic (exact) mass is 934 g/mol. The minimum atomic E-state index is -2.00. The standard InChI is InChI=1S/2C10H6O8.6C3H9N.4H2O/c2*11-7(12)3-1-4(8(13)14)6(10(17)18)2-5(3)9(15)16;6*1-2-3-4;;;;/h2*1-2H,(H,11,12)(H,13,14)(H,15,16)(H,17,18);6*2-4H2,1H3;4*1H2. The molecule has 0 heterocycles. The maximum absolute atomic E-state index is 10.7. The molecule has 2 aromatic carbocycles. The van der Waals surface area contributed by atoms with Crippen LogP contribution in [0.1, 0.15) is 163 Å². The predicted octanol–water partition coefficient (Wildman–Crippen LogP) is -12.5. The Morgan fingerprint density at radius 1 is 0.328 bits per heavy atom. The van der Waals surface area contributed by atoms with Gasteiger partial charge in [-0.05, 0) is 62.8 Å². The minimum Gasteiger partial charge on any atom is -0.545 e. The number of carbonyl (C=O) groups excluding carboxylic acids is 6. The van der Waals surface area contributed by atoms with Gasteiger partial charge in [0.2, 0.25) is 0 Å². The van der Waals surface area contributed by atoms with Gasteiger partial charge < -0.3 is 126 Å². The first-order valence-electron chi connectivity index (χ1n) is 18.9. The number of quaternary nitrogens is 6. The minimum absolute atomic E-state index is 0. The molecule has 0 unspecified atom stereocenters. The van der Waals surface area contributed by atoms with Crippen LogP contribution in [0.2, 0.25) is 0 Å². The zero-order valence-corrected chi connectivity index (χ0v) is 37.6. The second-order valence-corrected chi connectivity index (χ2v) is 11.3. The van der Waals surface area contributed by atoms with Crippen LogP contribution in [0.25, 0.3) is 0 Å². The van der Waals surface area contributed by atoms with Crippen LogP contribution in [0.15, 0.2) is 24.3 Å². The van der Waals surface area contributed by atoms with Crippen LogP contribution in [0.3, 0.4) is 0 Å². The molecule has 0 aliphatic rings. The molecule has 0 aliphatic carbocycles. The SMILES string of the molecule is CCC[NH3+].CCC[NH3+].CCC[NH3+].CCC[NH3+].CCC[NH3+].CCC[NH3+].O.O.O.O.O=C([O-])c1cc(C(=O)[O-])c(C(=O)O)cc1C(=O)O.O=C([O-])c1cc(C(=O)[O-])c(C(=O)[O-])cc1C(=O)[O-]. The van der Waals surface area contributed by atoms with Crippen LogP contribution >= 0.6 is 0 Å². The van der Waals surface area contributed by atoms with Gasteiger partial charge in [-0.1, -0.05) is 41.5 Å². The van der Waals surface area contributed by atoms with Crippen molar-refractivity contribution in [3.8, 4) is 0 Å². The van der Waals surface area contributed by atoms with E-state index in [-0.39, 0.29) is 21.9 Å². The van der Waals surface area contributed by atoms with Gasteiger partial charge in [0.1, 0.15) is 0 Å². The predicted molar refractivity (Wildman–Crippen MR) is 216 cm³/mol. The summed E-state index contributed by atoms with van der Waals surface area (Å²) in [5.74, 6) is -15.3. The van der Waals surface area contributed by atoms with Crippen LogP contribution < -0.4 is 65.0 Å². The molecular weight excluding hydrogens is 860 g/mol. The third kappa shape index (κ3) is 41.2. The summed E-state index contributed by atoms with van der Waals surface area (Å²) in [6.07, 6.45) is 7.25. The Bertz CT molecular complexity index is 1250. The summed E-state index contributed by atoms with van der Waals surface area (Å²) in [5.41, 5.74) is 13.9. The molecule has 0 amide bonds. The maximum atomic E-state index is 10.7. The molecule has 0 bridgehead atoms. The average molecular weight is 935 g/mol. The van der Waals surface area contributed by atoms with Gasteiger partial charge in [-0.2, -0.15) is 0 Å². The quantitative estimate of drug-likeness (QED) is 0.0872. The maximum Gasteiger partial charge on any atom is 0.336 e. The number of benzene rings is 2. The first kappa shape index (κ1) is 81.6. The van der Waals surface area contributed by atoms with Gasteiger partial charge in [0, 0.05) is 33.4 Å². The largest absolute Gasteiger partial charge is 0.545 e.